The van der Waals surface area contributed by atoms with Crippen LogP contribution in [0.4, 0.5) is 0 Å². The maximum atomic E-state index is 4.05. The molecule has 0 spiro atoms. The lowest BCUT2D eigenvalue weighted by atomic mass is 9.73. The molecule has 1 aliphatic rings. The van der Waals surface area contributed by atoms with Crippen molar-refractivity contribution in [2.75, 3.05) is 6.54 Å². The summed E-state index contributed by atoms with van der Waals surface area (Å²) in [7, 11) is 0. The van der Waals surface area contributed by atoms with E-state index in [0.29, 0.717) is 11.5 Å². The fraction of sp³-hybridized carbons (Fsp3) is 0.846. The molecule has 1 fully saturated rings. The molecule has 1 N–H and O–H groups in total. The van der Waals surface area contributed by atoms with Crippen molar-refractivity contribution in [2.45, 2.75) is 53.0 Å². The second kappa shape index (κ2) is 4.48. The van der Waals surface area contributed by atoms with Crippen LogP contribution in [-0.4, -0.2) is 12.6 Å². The monoisotopic (exact) mass is 195 g/mol. The van der Waals surface area contributed by atoms with Gasteiger partial charge in [-0.2, -0.15) is 0 Å². The van der Waals surface area contributed by atoms with Crippen LogP contribution in [0.2, 0.25) is 0 Å². The summed E-state index contributed by atoms with van der Waals surface area (Å²) in [6.45, 7) is 14.4. The van der Waals surface area contributed by atoms with Gasteiger partial charge in [0.1, 0.15) is 0 Å². The summed E-state index contributed by atoms with van der Waals surface area (Å²) >= 11 is 0. The molecule has 2 atom stereocenters. The molecule has 1 aliphatic heterocycles. The minimum atomic E-state index is 0.390. The molecule has 0 saturated carbocycles. The van der Waals surface area contributed by atoms with Crippen LogP contribution in [0.25, 0.3) is 0 Å². The third kappa shape index (κ3) is 3.13. The number of allylic oxidation sites excluding steroid dienone is 1. The lowest BCUT2D eigenvalue weighted by molar-refractivity contribution is 0.188. The van der Waals surface area contributed by atoms with Gasteiger partial charge in [-0.15, -0.1) is 6.58 Å². The average Bonchev–Trinajstić information content (AvgIpc) is 2.49. The molecule has 0 radical (unpaired) electrons. The van der Waals surface area contributed by atoms with Gasteiger partial charge >= 0.3 is 0 Å². The largest absolute Gasteiger partial charge is 0.314 e. The zero-order valence-corrected chi connectivity index (χ0v) is 10.2. The fourth-order valence-electron chi connectivity index (χ4n) is 2.48. The van der Waals surface area contributed by atoms with Crippen molar-refractivity contribution >= 4 is 0 Å². The van der Waals surface area contributed by atoms with Crippen LogP contribution < -0.4 is 5.32 Å². The molecule has 1 nitrogen and oxygen atoms in total. The quantitative estimate of drug-likeness (QED) is 0.681. The van der Waals surface area contributed by atoms with Crippen molar-refractivity contribution in [3.63, 3.8) is 0 Å². The number of hydrogen-bond donors (Lipinski definition) is 1. The van der Waals surface area contributed by atoms with Crippen LogP contribution in [0.1, 0.15) is 47.0 Å². The molecular weight excluding hydrogens is 170 g/mol. The Kier molecular flexibility index (Phi) is 3.77. The molecule has 0 aromatic heterocycles. The molecule has 1 heterocycles. The lowest BCUT2D eigenvalue weighted by Crippen LogP contribution is -2.38. The van der Waals surface area contributed by atoms with Gasteiger partial charge in [-0.1, -0.05) is 26.3 Å². The van der Waals surface area contributed by atoms with Gasteiger partial charge in [0.15, 0.2) is 0 Å². The number of hydrogen-bond acceptors (Lipinski definition) is 1. The molecule has 0 aliphatic carbocycles. The van der Waals surface area contributed by atoms with Crippen molar-refractivity contribution in [3.8, 4) is 0 Å². The van der Waals surface area contributed by atoms with Gasteiger partial charge in [-0.25, -0.2) is 0 Å². The first-order valence-corrected chi connectivity index (χ1v) is 5.79. The summed E-state index contributed by atoms with van der Waals surface area (Å²) < 4.78 is 0. The zero-order chi connectivity index (χ0) is 10.8. The van der Waals surface area contributed by atoms with Crippen LogP contribution in [0, 0.1) is 11.3 Å². The minimum absolute atomic E-state index is 0.390. The van der Waals surface area contributed by atoms with Crippen LogP contribution in [-0.2, 0) is 0 Å². The first kappa shape index (κ1) is 11.8. The molecule has 14 heavy (non-hydrogen) atoms. The van der Waals surface area contributed by atoms with E-state index in [1.807, 2.05) is 0 Å². The Bertz CT molecular complexity index is 194. The first-order chi connectivity index (χ1) is 6.41. The highest BCUT2D eigenvalue weighted by Crippen LogP contribution is 2.36. The normalized spacial score (nSPS) is 25.0. The van der Waals surface area contributed by atoms with Crippen molar-refractivity contribution in [1.29, 1.82) is 0 Å². The van der Waals surface area contributed by atoms with Gasteiger partial charge in [0, 0.05) is 6.04 Å². The predicted molar refractivity (Wildman–Crippen MR) is 63.4 cm³/mol. The Morgan fingerprint density at radius 1 is 1.50 bits per heavy atom. The van der Waals surface area contributed by atoms with Crippen LogP contribution in [0.15, 0.2) is 12.2 Å². The van der Waals surface area contributed by atoms with Crippen molar-refractivity contribution in [1.82, 2.24) is 5.32 Å². The molecular formula is C13H25N. The van der Waals surface area contributed by atoms with E-state index in [1.54, 1.807) is 0 Å². The first-order valence-electron chi connectivity index (χ1n) is 5.79. The zero-order valence-electron chi connectivity index (χ0n) is 10.2. The van der Waals surface area contributed by atoms with E-state index in [9.17, 15) is 0 Å². The second-order valence-electron chi connectivity index (χ2n) is 5.84. The molecule has 0 aromatic carbocycles. The SMILES string of the molecule is C=C(C)CC(C1CCCN1)C(C)(C)C. The van der Waals surface area contributed by atoms with Gasteiger partial charge in [-0.05, 0) is 44.1 Å². The van der Waals surface area contributed by atoms with Crippen LogP contribution in [0.3, 0.4) is 0 Å². The fourth-order valence-corrected chi connectivity index (χ4v) is 2.48. The highest BCUT2D eigenvalue weighted by Gasteiger charge is 2.33. The molecule has 1 saturated heterocycles. The van der Waals surface area contributed by atoms with Crippen LogP contribution >= 0.6 is 0 Å². The van der Waals surface area contributed by atoms with E-state index in [1.165, 1.54) is 31.4 Å². The van der Waals surface area contributed by atoms with E-state index in [4.69, 9.17) is 0 Å². The van der Waals surface area contributed by atoms with Crippen molar-refractivity contribution in [3.05, 3.63) is 12.2 Å². The van der Waals surface area contributed by atoms with Gasteiger partial charge in [0.05, 0.1) is 0 Å². The summed E-state index contributed by atoms with van der Waals surface area (Å²) in [6.07, 6.45) is 3.85. The average molecular weight is 195 g/mol. The van der Waals surface area contributed by atoms with Gasteiger partial charge in [0.2, 0.25) is 0 Å². The maximum Gasteiger partial charge on any atom is 0.0104 e. The van der Waals surface area contributed by atoms with Gasteiger partial charge in [0.25, 0.3) is 0 Å². The van der Waals surface area contributed by atoms with E-state index in [0.717, 1.165) is 5.92 Å². The highest BCUT2D eigenvalue weighted by molar-refractivity contribution is 4.98. The van der Waals surface area contributed by atoms with Crippen molar-refractivity contribution in [2.24, 2.45) is 11.3 Å². The standard InChI is InChI=1S/C13H25N/c1-10(2)9-11(13(3,4)5)12-7-6-8-14-12/h11-12,14H,1,6-9H2,2-5H3. The molecule has 82 valence electrons. The summed E-state index contributed by atoms with van der Waals surface area (Å²) in [5.74, 6) is 0.738. The van der Waals surface area contributed by atoms with E-state index in [2.05, 4.69) is 39.6 Å². The highest BCUT2D eigenvalue weighted by atomic mass is 14.9. The number of nitrogens with one attached hydrogen (secondary N) is 1. The molecule has 2 unspecified atom stereocenters. The number of rotatable bonds is 3. The van der Waals surface area contributed by atoms with Gasteiger partial charge < -0.3 is 5.32 Å². The smallest absolute Gasteiger partial charge is 0.0104 e. The summed E-state index contributed by atoms with van der Waals surface area (Å²) in [5.41, 5.74) is 1.71. The van der Waals surface area contributed by atoms with E-state index >= 15 is 0 Å². The lowest BCUT2D eigenvalue weighted by Gasteiger charge is -2.36. The molecule has 0 amide bonds. The molecule has 0 aromatic rings. The predicted octanol–water partition coefficient (Wildman–Crippen LogP) is 3.37. The summed E-state index contributed by atoms with van der Waals surface area (Å²) in [6, 6.07) is 0.715. The van der Waals surface area contributed by atoms with Crippen LogP contribution in [0.5, 0.6) is 0 Å². The summed E-state index contributed by atoms with van der Waals surface area (Å²) in [4.78, 5) is 0. The Labute approximate surface area is 89.0 Å². The van der Waals surface area contributed by atoms with Crippen molar-refractivity contribution < 1.29 is 0 Å². The molecule has 1 heteroatoms. The minimum Gasteiger partial charge on any atom is -0.314 e. The molecule has 1 rings (SSSR count). The Hall–Kier alpha value is -0.300. The second-order valence-corrected chi connectivity index (χ2v) is 5.84. The van der Waals surface area contributed by atoms with E-state index in [-0.39, 0.29) is 0 Å². The maximum absolute atomic E-state index is 4.05. The van der Waals surface area contributed by atoms with Gasteiger partial charge in [-0.3, -0.25) is 0 Å². The summed E-state index contributed by atoms with van der Waals surface area (Å²) in [5, 5.41) is 3.63. The topological polar surface area (TPSA) is 12.0 Å². The Morgan fingerprint density at radius 3 is 2.50 bits per heavy atom. The van der Waals surface area contributed by atoms with E-state index < -0.39 is 0 Å². The third-order valence-corrected chi connectivity index (χ3v) is 3.26. The Balaban J connectivity index is 2.65. The Morgan fingerprint density at radius 2 is 2.14 bits per heavy atom. The third-order valence-electron chi connectivity index (χ3n) is 3.26. The molecule has 0 bridgehead atoms.